The summed E-state index contributed by atoms with van der Waals surface area (Å²) in [6, 6.07) is 13.6. The first-order valence-electron chi connectivity index (χ1n) is 10.8. The van der Waals surface area contributed by atoms with Crippen LogP contribution in [0.25, 0.3) is 5.76 Å². The Bertz CT molecular complexity index is 1320. The fourth-order valence-electron chi connectivity index (χ4n) is 3.93. The van der Waals surface area contributed by atoms with Crippen LogP contribution < -0.4 is 15.0 Å². The molecule has 3 aromatic rings. The van der Waals surface area contributed by atoms with Gasteiger partial charge in [-0.05, 0) is 61.0 Å². The number of rotatable bonds is 6. The predicted octanol–water partition coefficient (Wildman–Crippen LogP) is 4.72. The number of aliphatic hydroxyl groups excluding tert-OH is 1. The summed E-state index contributed by atoms with van der Waals surface area (Å²) in [6.45, 7) is 3.55. The number of amides is 2. The smallest absolute Gasteiger partial charge is 0.300 e. The molecule has 1 aliphatic heterocycles. The molecular formula is C26H22ClN3O5. The lowest BCUT2D eigenvalue weighted by atomic mass is 9.96. The Kier molecular flexibility index (Phi) is 6.84. The summed E-state index contributed by atoms with van der Waals surface area (Å²) >= 11 is 6.18. The second-order valence-electron chi connectivity index (χ2n) is 7.76. The van der Waals surface area contributed by atoms with Gasteiger partial charge in [-0.2, -0.15) is 0 Å². The van der Waals surface area contributed by atoms with Crippen LogP contribution in [0.4, 0.5) is 11.4 Å². The molecule has 9 heteroatoms. The molecule has 2 N–H and O–H groups in total. The van der Waals surface area contributed by atoms with Gasteiger partial charge in [-0.25, -0.2) is 0 Å². The molecule has 35 heavy (non-hydrogen) atoms. The monoisotopic (exact) mass is 491 g/mol. The van der Waals surface area contributed by atoms with E-state index in [9.17, 15) is 19.5 Å². The van der Waals surface area contributed by atoms with E-state index < -0.39 is 17.7 Å². The normalized spacial score (nSPS) is 16.9. The molecule has 0 aliphatic carbocycles. The van der Waals surface area contributed by atoms with Gasteiger partial charge in [0, 0.05) is 36.3 Å². The van der Waals surface area contributed by atoms with Crippen molar-refractivity contribution in [3.8, 4) is 5.75 Å². The van der Waals surface area contributed by atoms with Crippen LogP contribution >= 0.6 is 11.6 Å². The SMILES string of the molecule is CCOc1cc(/C(O)=C2/C(=O)C(=O)N(c3ccc(NC(C)=O)cc3)C2c2cccnc2)ccc1Cl. The van der Waals surface area contributed by atoms with Crippen LogP contribution in [-0.2, 0) is 14.4 Å². The molecular weight excluding hydrogens is 470 g/mol. The average molecular weight is 492 g/mol. The minimum absolute atomic E-state index is 0.0845. The third-order valence-corrected chi connectivity index (χ3v) is 5.73. The Labute approximate surface area is 206 Å². The highest BCUT2D eigenvalue weighted by molar-refractivity contribution is 6.51. The molecule has 1 unspecified atom stereocenters. The number of hydrogen-bond donors (Lipinski definition) is 2. The number of ketones is 1. The second-order valence-corrected chi connectivity index (χ2v) is 8.17. The minimum Gasteiger partial charge on any atom is -0.507 e. The number of nitrogens with zero attached hydrogens (tertiary/aromatic N) is 2. The molecule has 0 spiro atoms. The first-order valence-corrected chi connectivity index (χ1v) is 11.2. The summed E-state index contributed by atoms with van der Waals surface area (Å²) in [6.07, 6.45) is 3.11. The molecule has 1 aliphatic rings. The van der Waals surface area contributed by atoms with E-state index in [1.165, 1.54) is 24.1 Å². The number of aromatic nitrogens is 1. The van der Waals surface area contributed by atoms with E-state index in [-0.39, 0.29) is 22.8 Å². The summed E-state index contributed by atoms with van der Waals surface area (Å²) in [5.41, 5.74) is 1.70. The molecule has 1 fully saturated rings. The van der Waals surface area contributed by atoms with Crippen molar-refractivity contribution in [1.82, 2.24) is 4.98 Å². The van der Waals surface area contributed by atoms with E-state index in [0.717, 1.165) is 0 Å². The number of pyridine rings is 1. The van der Waals surface area contributed by atoms with Crippen molar-refractivity contribution >= 4 is 46.3 Å². The zero-order valence-corrected chi connectivity index (χ0v) is 19.7. The summed E-state index contributed by atoms with van der Waals surface area (Å²) in [5, 5.41) is 14.3. The first-order chi connectivity index (χ1) is 16.8. The number of benzene rings is 2. The van der Waals surface area contributed by atoms with Gasteiger partial charge >= 0.3 is 0 Å². The third-order valence-electron chi connectivity index (χ3n) is 5.41. The lowest BCUT2D eigenvalue weighted by Crippen LogP contribution is -2.29. The highest BCUT2D eigenvalue weighted by atomic mass is 35.5. The second kappa shape index (κ2) is 9.99. The zero-order valence-electron chi connectivity index (χ0n) is 19.0. The van der Waals surface area contributed by atoms with Gasteiger partial charge in [-0.1, -0.05) is 17.7 Å². The highest BCUT2D eigenvalue weighted by Gasteiger charge is 2.47. The Morgan fingerprint density at radius 2 is 1.91 bits per heavy atom. The molecule has 2 aromatic carbocycles. The topological polar surface area (TPSA) is 109 Å². The summed E-state index contributed by atoms with van der Waals surface area (Å²) < 4.78 is 5.51. The molecule has 4 rings (SSSR count). The van der Waals surface area contributed by atoms with Crippen molar-refractivity contribution in [3.05, 3.63) is 88.7 Å². The van der Waals surface area contributed by atoms with Crippen LogP contribution in [0, 0.1) is 0 Å². The molecule has 178 valence electrons. The molecule has 1 atom stereocenters. The lowest BCUT2D eigenvalue weighted by Gasteiger charge is -2.25. The number of nitrogens with one attached hydrogen (secondary N) is 1. The standard InChI is InChI=1S/C26H22ClN3O5/c1-3-35-21-13-16(6-11-20(21)27)24(32)22-23(17-5-4-12-28-14-17)30(26(34)25(22)33)19-9-7-18(8-10-19)29-15(2)31/h4-14,23,32H,3H2,1-2H3,(H,29,31)/b24-22-. The Morgan fingerprint density at radius 3 is 2.54 bits per heavy atom. The number of ether oxygens (including phenoxy) is 1. The van der Waals surface area contributed by atoms with Crippen LogP contribution in [-0.4, -0.2) is 34.3 Å². The Hall–Kier alpha value is -4.17. The van der Waals surface area contributed by atoms with Crippen molar-refractivity contribution in [1.29, 1.82) is 0 Å². The van der Waals surface area contributed by atoms with E-state index in [4.69, 9.17) is 16.3 Å². The van der Waals surface area contributed by atoms with Crippen LogP contribution in [0.15, 0.2) is 72.6 Å². The van der Waals surface area contributed by atoms with Crippen molar-refractivity contribution in [3.63, 3.8) is 0 Å². The van der Waals surface area contributed by atoms with Gasteiger partial charge in [0.2, 0.25) is 5.91 Å². The maximum atomic E-state index is 13.2. The molecule has 0 saturated carbocycles. The largest absolute Gasteiger partial charge is 0.507 e. The summed E-state index contributed by atoms with van der Waals surface area (Å²) in [7, 11) is 0. The van der Waals surface area contributed by atoms with E-state index in [1.807, 2.05) is 0 Å². The first kappa shape index (κ1) is 24.0. The van der Waals surface area contributed by atoms with Crippen LogP contribution in [0.2, 0.25) is 5.02 Å². The average Bonchev–Trinajstić information content (AvgIpc) is 3.11. The predicted molar refractivity (Wildman–Crippen MR) is 132 cm³/mol. The van der Waals surface area contributed by atoms with Gasteiger partial charge in [0.05, 0.1) is 23.2 Å². The zero-order chi connectivity index (χ0) is 25.1. The molecule has 0 bridgehead atoms. The number of carbonyl (C=O) groups is 3. The number of hydrogen-bond acceptors (Lipinski definition) is 6. The van der Waals surface area contributed by atoms with E-state index in [2.05, 4.69) is 10.3 Å². The Balaban J connectivity index is 1.86. The number of anilines is 2. The van der Waals surface area contributed by atoms with E-state index in [0.29, 0.717) is 34.3 Å². The maximum absolute atomic E-state index is 13.2. The quantitative estimate of drug-likeness (QED) is 0.293. The number of Topliss-reactive ketones (excluding diaryl/α,β-unsaturated/α-hetero) is 1. The maximum Gasteiger partial charge on any atom is 0.300 e. The number of halogens is 1. The van der Waals surface area contributed by atoms with Crippen molar-refractivity contribution in [2.24, 2.45) is 0 Å². The molecule has 1 saturated heterocycles. The number of carbonyl (C=O) groups excluding carboxylic acids is 3. The fourth-order valence-corrected chi connectivity index (χ4v) is 4.10. The van der Waals surface area contributed by atoms with Gasteiger partial charge in [0.25, 0.3) is 11.7 Å². The van der Waals surface area contributed by atoms with Crippen LogP contribution in [0.3, 0.4) is 0 Å². The van der Waals surface area contributed by atoms with Crippen LogP contribution in [0.5, 0.6) is 5.75 Å². The minimum atomic E-state index is -0.929. The van der Waals surface area contributed by atoms with Gasteiger partial charge in [-0.3, -0.25) is 24.3 Å². The lowest BCUT2D eigenvalue weighted by molar-refractivity contribution is -0.132. The molecule has 2 heterocycles. The number of aliphatic hydroxyl groups is 1. The van der Waals surface area contributed by atoms with Crippen molar-refractivity contribution in [2.45, 2.75) is 19.9 Å². The summed E-state index contributed by atoms with van der Waals surface area (Å²) in [4.78, 5) is 43.2. The van der Waals surface area contributed by atoms with Gasteiger partial charge in [0.1, 0.15) is 11.5 Å². The van der Waals surface area contributed by atoms with Crippen LogP contribution in [0.1, 0.15) is 31.0 Å². The molecule has 8 nitrogen and oxygen atoms in total. The Morgan fingerprint density at radius 1 is 1.17 bits per heavy atom. The molecule has 0 radical (unpaired) electrons. The highest BCUT2D eigenvalue weighted by Crippen LogP contribution is 2.42. The third kappa shape index (κ3) is 4.74. The van der Waals surface area contributed by atoms with Crippen molar-refractivity contribution < 1.29 is 24.2 Å². The molecule has 1 aromatic heterocycles. The van der Waals surface area contributed by atoms with Gasteiger partial charge < -0.3 is 15.2 Å². The van der Waals surface area contributed by atoms with Gasteiger partial charge in [0.15, 0.2) is 0 Å². The fraction of sp³-hybridized carbons (Fsp3) is 0.154. The van der Waals surface area contributed by atoms with Gasteiger partial charge in [-0.15, -0.1) is 0 Å². The summed E-state index contributed by atoms with van der Waals surface area (Å²) in [5.74, 6) is -1.88. The van der Waals surface area contributed by atoms with E-state index in [1.54, 1.807) is 61.7 Å². The van der Waals surface area contributed by atoms with Crippen molar-refractivity contribution in [2.75, 3.05) is 16.8 Å². The molecule has 2 amide bonds. The van der Waals surface area contributed by atoms with E-state index >= 15 is 0 Å².